The van der Waals surface area contributed by atoms with Crippen molar-refractivity contribution in [3.8, 4) is 0 Å². The van der Waals surface area contributed by atoms with Gasteiger partial charge in [0.25, 0.3) is 0 Å². The van der Waals surface area contributed by atoms with Gasteiger partial charge in [0.15, 0.2) is 0 Å². The summed E-state index contributed by atoms with van der Waals surface area (Å²) in [5.74, 6) is 0.345. The van der Waals surface area contributed by atoms with Crippen molar-refractivity contribution in [3.63, 3.8) is 0 Å². The van der Waals surface area contributed by atoms with Crippen LogP contribution in [0.2, 0.25) is 0 Å². The maximum absolute atomic E-state index is 4.36. The predicted octanol–water partition coefficient (Wildman–Crippen LogP) is 7.37. The largest absolute Gasteiger partial charge is 0.0998 e. The number of hydrogen-bond acceptors (Lipinski definition) is 0. The molecule has 0 saturated carbocycles. The van der Waals surface area contributed by atoms with Crippen LogP contribution in [0, 0.1) is 5.92 Å². The van der Waals surface area contributed by atoms with Crippen molar-refractivity contribution in [1.82, 2.24) is 0 Å². The highest BCUT2D eigenvalue weighted by atomic mass is 14.2. The van der Waals surface area contributed by atoms with E-state index in [-0.39, 0.29) is 0 Å². The van der Waals surface area contributed by atoms with Gasteiger partial charge in [-0.25, -0.2) is 0 Å². The highest BCUT2D eigenvalue weighted by Crippen LogP contribution is 2.29. The summed E-state index contributed by atoms with van der Waals surface area (Å²) in [4.78, 5) is 0. The second kappa shape index (κ2) is 10.0. The molecule has 0 amide bonds. The molecule has 1 aromatic carbocycles. The van der Waals surface area contributed by atoms with Gasteiger partial charge in [-0.15, -0.1) is 0 Å². The number of benzene rings is 1. The zero-order chi connectivity index (χ0) is 17.2. The van der Waals surface area contributed by atoms with E-state index >= 15 is 0 Å². The first-order chi connectivity index (χ1) is 11.0. The summed E-state index contributed by atoms with van der Waals surface area (Å²) >= 11 is 0. The molecular formula is C23H32. The van der Waals surface area contributed by atoms with E-state index in [2.05, 4.69) is 76.9 Å². The van der Waals surface area contributed by atoms with Crippen molar-refractivity contribution in [1.29, 1.82) is 0 Å². The predicted molar refractivity (Wildman–Crippen MR) is 105 cm³/mol. The third kappa shape index (κ3) is 6.86. The summed E-state index contributed by atoms with van der Waals surface area (Å²) < 4.78 is 0. The summed E-state index contributed by atoms with van der Waals surface area (Å²) in [5.41, 5.74) is 6.41. The molecule has 1 rings (SSSR count). The smallest absolute Gasteiger partial charge is 0.00202 e. The molecule has 0 heteroatoms. The van der Waals surface area contributed by atoms with Gasteiger partial charge >= 0.3 is 0 Å². The average molecular weight is 309 g/mol. The van der Waals surface area contributed by atoms with Crippen LogP contribution < -0.4 is 0 Å². The molecule has 23 heavy (non-hydrogen) atoms. The van der Waals surface area contributed by atoms with Crippen LogP contribution in [-0.2, 0) is 0 Å². The average Bonchev–Trinajstić information content (AvgIpc) is 2.54. The van der Waals surface area contributed by atoms with Crippen LogP contribution in [0.5, 0.6) is 0 Å². The van der Waals surface area contributed by atoms with Crippen LogP contribution in [0.4, 0.5) is 0 Å². The number of rotatable bonds is 10. The molecule has 0 nitrogen and oxygen atoms in total. The first-order valence-corrected chi connectivity index (χ1v) is 8.72. The Balaban J connectivity index is 2.96. The Morgan fingerprint density at radius 3 is 2.26 bits per heavy atom. The highest BCUT2D eigenvalue weighted by Gasteiger charge is 2.13. The Bertz CT molecular complexity index is 557. The van der Waals surface area contributed by atoms with Crippen LogP contribution in [0.15, 0.2) is 72.9 Å². The number of hydrogen-bond donors (Lipinski definition) is 0. The Labute approximate surface area is 143 Å². The molecule has 0 aliphatic rings. The molecular weight excluding hydrogens is 276 g/mol. The maximum Gasteiger partial charge on any atom is 0.00202 e. The summed E-state index contributed by atoms with van der Waals surface area (Å²) in [7, 11) is 0. The minimum Gasteiger partial charge on any atom is -0.0998 e. The lowest BCUT2D eigenvalue weighted by atomic mass is 9.86. The standard InChI is InChI=1S/C23H32/c1-7-12-19(4)16-23(20(5)15-18(3)8-2)17-21(6)22-13-10-9-11-14-22/h9-11,13-14,17,23H,3-5,7-8,12,15-16H2,1-2,6H3/b21-17+. The van der Waals surface area contributed by atoms with Gasteiger partial charge in [0, 0.05) is 5.92 Å². The van der Waals surface area contributed by atoms with E-state index < -0.39 is 0 Å². The molecule has 1 aromatic rings. The third-order valence-corrected chi connectivity index (χ3v) is 4.29. The van der Waals surface area contributed by atoms with Crippen LogP contribution in [0.1, 0.15) is 58.4 Å². The number of allylic oxidation sites excluding steroid dienone is 5. The molecule has 0 aromatic heterocycles. The third-order valence-electron chi connectivity index (χ3n) is 4.29. The lowest BCUT2D eigenvalue weighted by Crippen LogP contribution is -2.04. The summed E-state index contributed by atoms with van der Waals surface area (Å²) in [6, 6.07) is 10.6. The normalized spacial score (nSPS) is 12.7. The SMILES string of the molecule is C=C(CC)CC(=C)C(/C=C(\C)c1ccccc1)CC(=C)CCC. The minimum absolute atomic E-state index is 0.345. The summed E-state index contributed by atoms with van der Waals surface area (Å²) in [6.07, 6.45) is 7.54. The van der Waals surface area contributed by atoms with Crippen molar-refractivity contribution in [2.24, 2.45) is 5.92 Å². The van der Waals surface area contributed by atoms with Crippen LogP contribution in [0.25, 0.3) is 5.57 Å². The molecule has 0 aliphatic heterocycles. The van der Waals surface area contributed by atoms with Gasteiger partial charge in [-0.05, 0) is 43.7 Å². The minimum atomic E-state index is 0.345. The van der Waals surface area contributed by atoms with Gasteiger partial charge in [-0.3, -0.25) is 0 Å². The molecule has 0 heterocycles. The maximum atomic E-state index is 4.36. The molecule has 0 aliphatic carbocycles. The van der Waals surface area contributed by atoms with Crippen LogP contribution in [0.3, 0.4) is 0 Å². The molecule has 0 N–H and O–H groups in total. The van der Waals surface area contributed by atoms with Crippen molar-refractivity contribution >= 4 is 5.57 Å². The van der Waals surface area contributed by atoms with E-state index in [1.54, 1.807) is 0 Å². The monoisotopic (exact) mass is 308 g/mol. The zero-order valence-corrected chi connectivity index (χ0v) is 15.2. The lowest BCUT2D eigenvalue weighted by Gasteiger charge is -2.19. The van der Waals surface area contributed by atoms with Gasteiger partial charge in [0.2, 0.25) is 0 Å². The Hall–Kier alpha value is -1.82. The quantitative estimate of drug-likeness (QED) is 0.396. The van der Waals surface area contributed by atoms with Crippen molar-refractivity contribution in [3.05, 3.63) is 78.4 Å². The van der Waals surface area contributed by atoms with E-state index in [1.165, 1.54) is 27.9 Å². The van der Waals surface area contributed by atoms with Gasteiger partial charge in [0.1, 0.15) is 0 Å². The zero-order valence-electron chi connectivity index (χ0n) is 15.2. The molecule has 1 atom stereocenters. The molecule has 1 unspecified atom stereocenters. The van der Waals surface area contributed by atoms with E-state index in [0.29, 0.717) is 5.92 Å². The summed E-state index contributed by atoms with van der Waals surface area (Å²) in [6.45, 7) is 19.3. The fourth-order valence-electron chi connectivity index (χ4n) is 2.76. The Morgan fingerprint density at radius 1 is 1.04 bits per heavy atom. The molecule has 0 fully saturated rings. The van der Waals surface area contributed by atoms with Gasteiger partial charge in [-0.1, -0.05) is 93.1 Å². The lowest BCUT2D eigenvalue weighted by molar-refractivity contribution is 0.691. The van der Waals surface area contributed by atoms with E-state index in [9.17, 15) is 0 Å². The van der Waals surface area contributed by atoms with Gasteiger partial charge in [0.05, 0.1) is 0 Å². The topological polar surface area (TPSA) is 0 Å². The van der Waals surface area contributed by atoms with Crippen LogP contribution in [-0.4, -0.2) is 0 Å². The van der Waals surface area contributed by atoms with Crippen LogP contribution >= 0.6 is 0 Å². The summed E-state index contributed by atoms with van der Waals surface area (Å²) in [5, 5.41) is 0. The highest BCUT2D eigenvalue weighted by molar-refractivity contribution is 5.64. The molecule has 0 saturated heterocycles. The van der Waals surface area contributed by atoms with Crippen molar-refractivity contribution in [2.75, 3.05) is 0 Å². The fraction of sp³-hybridized carbons (Fsp3) is 0.391. The van der Waals surface area contributed by atoms with Gasteiger partial charge in [-0.2, -0.15) is 0 Å². The molecule has 0 radical (unpaired) electrons. The fourth-order valence-corrected chi connectivity index (χ4v) is 2.76. The molecule has 0 bridgehead atoms. The van der Waals surface area contributed by atoms with E-state index in [0.717, 1.165) is 32.1 Å². The van der Waals surface area contributed by atoms with Crippen molar-refractivity contribution < 1.29 is 0 Å². The molecule has 0 spiro atoms. The first kappa shape index (κ1) is 19.2. The molecule has 124 valence electrons. The van der Waals surface area contributed by atoms with Crippen molar-refractivity contribution in [2.45, 2.75) is 52.9 Å². The first-order valence-electron chi connectivity index (χ1n) is 8.72. The Kier molecular flexibility index (Phi) is 8.40. The Morgan fingerprint density at radius 2 is 1.70 bits per heavy atom. The second-order valence-corrected chi connectivity index (χ2v) is 6.46. The van der Waals surface area contributed by atoms with E-state index in [1.807, 2.05) is 0 Å². The second-order valence-electron chi connectivity index (χ2n) is 6.46. The van der Waals surface area contributed by atoms with Gasteiger partial charge < -0.3 is 0 Å². The van der Waals surface area contributed by atoms with E-state index in [4.69, 9.17) is 0 Å².